The van der Waals surface area contributed by atoms with E-state index in [2.05, 4.69) is 60.1 Å². The van der Waals surface area contributed by atoms with E-state index in [1.807, 2.05) is 13.0 Å². The predicted molar refractivity (Wildman–Crippen MR) is 129 cm³/mol. The molecule has 2 aromatic carbocycles. The summed E-state index contributed by atoms with van der Waals surface area (Å²) in [5.74, 6) is 0.690. The van der Waals surface area contributed by atoms with Crippen LogP contribution in [0.2, 0.25) is 0 Å². The van der Waals surface area contributed by atoms with Crippen molar-refractivity contribution in [2.24, 2.45) is 11.0 Å². The lowest BCUT2D eigenvalue weighted by molar-refractivity contribution is 0.415. The van der Waals surface area contributed by atoms with E-state index in [4.69, 9.17) is 4.74 Å². The molecule has 32 heavy (non-hydrogen) atoms. The molecule has 2 aromatic heterocycles. The molecule has 0 bridgehead atoms. The molecule has 0 saturated heterocycles. The van der Waals surface area contributed by atoms with Gasteiger partial charge in [-0.1, -0.05) is 52.0 Å². The highest BCUT2D eigenvalue weighted by atomic mass is 16.5. The molecule has 0 spiro atoms. The van der Waals surface area contributed by atoms with Crippen molar-refractivity contribution in [1.82, 2.24) is 14.6 Å². The van der Waals surface area contributed by atoms with E-state index in [0.717, 1.165) is 22.0 Å². The monoisotopic (exact) mass is 432 g/mol. The van der Waals surface area contributed by atoms with E-state index in [1.165, 1.54) is 11.1 Å². The van der Waals surface area contributed by atoms with E-state index in [9.17, 15) is 9.59 Å². The van der Waals surface area contributed by atoms with Crippen LogP contribution in [0.25, 0.3) is 21.9 Å². The molecule has 2 N–H and O–H groups in total. The molecule has 0 aliphatic heterocycles. The number of hydrogen-bond acceptors (Lipinski definition) is 4. The van der Waals surface area contributed by atoms with E-state index in [0.29, 0.717) is 16.8 Å². The number of hydrogen-bond donors (Lipinski definition) is 2. The zero-order valence-corrected chi connectivity index (χ0v) is 19.0. The average Bonchev–Trinajstić information content (AvgIpc) is 3.11. The maximum atomic E-state index is 12.9. The summed E-state index contributed by atoms with van der Waals surface area (Å²) in [5, 5.41) is 4.92. The summed E-state index contributed by atoms with van der Waals surface area (Å²) in [4.78, 5) is 31.4. The summed E-state index contributed by atoms with van der Waals surface area (Å²) < 4.78 is 6.12. The maximum absolute atomic E-state index is 12.9. The van der Waals surface area contributed by atoms with Gasteiger partial charge in [-0.3, -0.25) is 4.79 Å². The lowest BCUT2D eigenvalue weighted by Gasteiger charge is -2.19. The third-order valence-corrected chi connectivity index (χ3v) is 5.65. The molecule has 166 valence electrons. The minimum atomic E-state index is -0.579. The van der Waals surface area contributed by atoms with Gasteiger partial charge in [0.15, 0.2) is 0 Å². The summed E-state index contributed by atoms with van der Waals surface area (Å²) >= 11 is 0. The van der Waals surface area contributed by atoms with E-state index in [1.54, 1.807) is 25.5 Å². The number of nitrogens with one attached hydrogen (secondary N) is 2. The van der Waals surface area contributed by atoms with Crippen LogP contribution in [0.15, 0.2) is 57.2 Å². The molecule has 7 heteroatoms. The number of aromatic amines is 2. The van der Waals surface area contributed by atoms with Crippen LogP contribution in [-0.2, 0) is 11.8 Å². The molecule has 0 saturated carbocycles. The number of ether oxygens (including phenoxy) is 1. The Hall–Kier alpha value is -3.61. The molecule has 4 aromatic rings. The molecule has 0 fully saturated rings. The lowest BCUT2D eigenvalue weighted by atomic mass is 9.86. The van der Waals surface area contributed by atoms with E-state index in [-0.39, 0.29) is 11.3 Å². The van der Waals surface area contributed by atoms with Gasteiger partial charge in [0.2, 0.25) is 0 Å². The first-order valence-electron chi connectivity index (χ1n) is 10.7. The molecular weight excluding hydrogens is 404 g/mol. The zero-order chi connectivity index (χ0) is 23.0. The topological polar surface area (TPSA) is 92.2 Å². The number of benzene rings is 2. The molecule has 0 unspecified atom stereocenters. The molecule has 1 atom stereocenters. The summed E-state index contributed by atoms with van der Waals surface area (Å²) in [6.07, 6.45) is 2.40. The first-order chi connectivity index (χ1) is 15.2. The van der Waals surface area contributed by atoms with Crippen LogP contribution in [0.4, 0.5) is 0 Å². The number of H-pyrrole nitrogens is 2. The van der Waals surface area contributed by atoms with Crippen LogP contribution < -0.4 is 16.0 Å². The SMILES string of the molecule is COc1ccc2[nH]c3c(=O)n(/N=C\[C@H](C)Cc4ccc(C(C)(C)C)cc4)c(=O)[nH]c3c2c1. The van der Waals surface area contributed by atoms with Gasteiger partial charge in [-0.25, -0.2) is 4.79 Å². The Morgan fingerprint density at radius 2 is 1.78 bits per heavy atom. The molecule has 0 aliphatic rings. The highest BCUT2D eigenvalue weighted by molar-refractivity contribution is 6.04. The fourth-order valence-corrected chi connectivity index (χ4v) is 3.80. The van der Waals surface area contributed by atoms with Gasteiger partial charge in [0, 0.05) is 17.1 Å². The van der Waals surface area contributed by atoms with Gasteiger partial charge in [-0.05, 0) is 47.1 Å². The average molecular weight is 433 g/mol. The summed E-state index contributed by atoms with van der Waals surface area (Å²) in [6.45, 7) is 8.57. The van der Waals surface area contributed by atoms with Gasteiger partial charge in [0.1, 0.15) is 11.3 Å². The van der Waals surface area contributed by atoms with Gasteiger partial charge in [0.05, 0.1) is 12.6 Å². The second kappa shape index (κ2) is 8.15. The molecule has 4 rings (SSSR count). The molecule has 0 amide bonds. The van der Waals surface area contributed by atoms with Crippen molar-refractivity contribution in [1.29, 1.82) is 0 Å². The summed E-state index contributed by atoms with van der Waals surface area (Å²) in [5.41, 5.74) is 2.99. The molecule has 7 nitrogen and oxygen atoms in total. The largest absolute Gasteiger partial charge is 0.497 e. The van der Waals surface area contributed by atoms with Crippen LogP contribution >= 0.6 is 0 Å². The van der Waals surface area contributed by atoms with Crippen LogP contribution in [0.1, 0.15) is 38.8 Å². The number of aromatic nitrogens is 3. The minimum absolute atomic E-state index is 0.0458. The normalized spacial score (nSPS) is 13.3. The fourth-order valence-electron chi connectivity index (χ4n) is 3.80. The number of fused-ring (bicyclic) bond motifs is 3. The predicted octanol–water partition coefficient (Wildman–Crippen LogP) is 4.19. The summed E-state index contributed by atoms with van der Waals surface area (Å²) in [6, 6.07) is 13.9. The molecule has 0 aliphatic carbocycles. The van der Waals surface area contributed by atoms with Gasteiger partial charge < -0.3 is 14.7 Å². The number of nitrogens with zero attached hydrogens (tertiary/aromatic N) is 2. The van der Waals surface area contributed by atoms with Gasteiger partial charge >= 0.3 is 11.2 Å². The van der Waals surface area contributed by atoms with Crippen molar-refractivity contribution < 1.29 is 4.74 Å². The van der Waals surface area contributed by atoms with Gasteiger partial charge in [-0.2, -0.15) is 5.10 Å². The fraction of sp³-hybridized carbons (Fsp3) is 0.320. The first kappa shape index (κ1) is 21.6. The Labute approximate surface area is 185 Å². The summed E-state index contributed by atoms with van der Waals surface area (Å²) in [7, 11) is 1.57. The van der Waals surface area contributed by atoms with Crippen LogP contribution in [0.5, 0.6) is 5.75 Å². The molecule has 0 radical (unpaired) electrons. The quantitative estimate of drug-likeness (QED) is 0.463. The highest BCUT2D eigenvalue weighted by Crippen LogP contribution is 2.25. The highest BCUT2D eigenvalue weighted by Gasteiger charge is 2.15. The third kappa shape index (κ3) is 4.10. The number of rotatable bonds is 5. The van der Waals surface area contributed by atoms with Crippen LogP contribution in [0.3, 0.4) is 0 Å². The van der Waals surface area contributed by atoms with Gasteiger partial charge in [0.25, 0.3) is 0 Å². The van der Waals surface area contributed by atoms with Crippen molar-refractivity contribution >= 4 is 28.2 Å². The maximum Gasteiger partial charge on any atom is 0.350 e. The zero-order valence-electron chi connectivity index (χ0n) is 19.0. The molecular formula is C25H28N4O3. The van der Waals surface area contributed by atoms with Crippen molar-refractivity contribution in [2.75, 3.05) is 7.11 Å². The Kier molecular flexibility index (Phi) is 5.50. The van der Waals surface area contributed by atoms with Crippen molar-refractivity contribution in [3.8, 4) is 5.75 Å². The second-order valence-corrected chi connectivity index (χ2v) is 9.23. The smallest absolute Gasteiger partial charge is 0.350 e. The lowest BCUT2D eigenvalue weighted by Crippen LogP contribution is -2.32. The van der Waals surface area contributed by atoms with Crippen LogP contribution in [-0.4, -0.2) is 28.0 Å². The van der Waals surface area contributed by atoms with Gasteiger partial charge in [-0.15, -0.1) is 4.68 Å². The minimum Gasteiger partial charge on any atom is -0.497 e. The molecule has 2 heterocycles. The Morgan fingerprint density at radius 3 is 2.44 bits per heavy atom. The third-order valence-electron chi connectivity index (χ3n) is 5.65. The van der Waals surface area contributed by atoms with Crippen molar-refractivity contribution in [3.05, 3.63) is 74.4 Å². The Balaban J connectivity index is 1.61. The standard InChI is InChI=1S/C25H28N4O3/c1-15(12-16-6-8-17(9-7-16)25(2,3)4)14-26-29-23(30)22-21(28-24(29)31)19-13-18(32-5)10-11-20(19)27-22/h6-11,13-15,27H,12H2,1-5H3,(H,28,31)/b26-14-/t15-/m1/s1. The van der Waals surface area contributed by atoms with E-state index >= 15 is 0 Å². The first-order valence-corrected chi connectivity index (χ1v) is 10.7. The van der Waals surface area contributed by atoms with Crippen molar-refractivity contribution in [3.63, 3.8) is 0 Å². The van der Waals surface area contributed by atoms with E-state index < -0.39 is 11.2 Å². The second-order valence-electron chi connectivity index (χ2n) is 9.23. The Morgan fingerprint density at radius 1 is 1.06 bits per heavy atom. The van der Waals surface area contributed by atoms with Crippen LogP contribution in [0, 0.1) is 5.92 Å². The van der Waals surface area contributed by atoms with Crippen molar-refractivity contribution in [2.45, 2.75) is 39.5 Å². The Bertz CT molecular complexity index is 1420. The number of methoxy groups -OCH3 is 1.